The number of anilines is 1. The Morgan fingerprint density at radius 3 is 2.93 bits per heavy atom. The van der Waals surface area contributed by atoms with Crippen LogP contribution in [0.4, 0.5) is 15.9 Å². The number of nitrogens with zero attached hydrogens (tertiary/aromatic N) is 3. The second-order valence-corrected chi connectivity index (χ2v) is 7.65. The standard InChI is InChI=1S/C21H20FN5O/c22-14-3-1-2-11(8-14)9-16-25-15-6-7-24-19(15)21(26-16)27-18-13-5-4-12(10-13)17(18)20(23)28/h1-5,7-8,12-13,17-18H,6,9-10H2,(H2,23,28)(H,25,26,27)/t12-,13+,17+,18-/m1/s1. The zero-order chi connectivity index (χ0) is 19.3. The van der Waals surface area contributed by atoms with E-state index < -0.39 is 0 Å². The Balaban J connectivity index is 1.47. The molecule has 0 radical (unpaired) electrons. The highest BCUT2D eigenvalue weighted by molar-refractivity contribution is 5.82. The van der Waals surface area contributed by atoms with Crippen molar-refractivity contribution in [3.8, 4) is 0 Å². The quantitative estimate of drug-likeness (QED) is 0.783. The number of aromatic nitrogens is 2. The van der Waals surface area contributed by atoms with Gasteiger partial charge in [-0.25, -0.2) is 14.4 Å². The molecule has 142 valence electrons. The molecule has 1 saturated carbocycles. The summed E-state index contributed by atoms with van der Waals surface area (Å²) in [7, 11) is 0. The number of benzene rings is 1. The lowest BCUT2D eigenvalue weighted by Gasteiger charge is -2.27. The Kier molecular flexibility index (Phi) is 3.96. The van der Waals surface area contributed by atoms with Crippen molar-refractivity contribution in [1.82, 2.24) is 9.97 Å². The molecule has 5 rings (SSSR count). The van der Waals surface area contributed by atoms with E-state index in [0.717, 1.165) is 23.4 Å². The van der Waals surface area contributed by atoms with Gasteiger partial charge in [-0.3, -0.25) is 9.79 Å². The smallest absolute Gasteiger partial charge is 0.223 e. The maximum Gasteiger partial charge on any atom is 0.223 e. The average molecular weight is 377 g/mol. The molecule has 1 aromatic carbocycles. The number of allylic oxidation sites excluding steroid dienone is 1. The van der Waals surface area contributed by atoms with Crippen LogP contribution >= 0.6 is 0 Å². The molecule has 0 saturated heterocycles. The van der Waals surface area contributed by atoms with E-state index in [2.05, 4.69) is 32.4 Å². The first-order valence-corrected chi connectivity index (χ1v) is 9.49. The second kappa shape index (κ2) is 6.51. The molecule has 0 spiro atoms. The number of primary amides is 1. The second-order valence-electron chi connectivity index (χ2n) is 7.65. The highest BCUT2D eigenvalue weighted by Gasteiger charge is 2.47. The van der Waals surface area contributed by atoms with E-state index >= 15 is 0 Å². The van der Waals surface area contributed by atoms with Crippen LogP contribution < -0.4 is 11.1 Å². The summed E-state index contributed by atoms with van der Waals surface area (Å²) in [5.41, 5.74) is 8.05. The lowest BCUT2D eigenvalue weighted by atomic mass is 9.88. The summed E-state index contributed by atoms with van der Waals surface area (Å²) in [6.07, 6.45) is 8.05. The molecule has 2 aromatic rings. The average Bonchev–Trinajstić information content (AvgIpc) is 3.37. The van der Waals surface area contributed by atoms with E-state index in [-0.39, 0.29) is 35.5 Å². The fraction of sp³-hybridized carbons (Fsp3) is 0.333. The van der Waals surface area contributed by atoms with Crippen LogP contribution in [0.25, 0.3) is 0 Å². The topological polar surface area (TPSA) is 93.3 Å². The van der Waals surface area contributed by atoms with E-state index in [1.807, 2.05) is 12.3 Å². The van der Waals surface area contributed by atoms with Gasteiger partial charge in [-0.15, -0.1) is 0 Å². The summed E-state index contributed by atoms with van der Waals surface area (Å²) >= 11 is 0. The van der Waals surface area contributed by atoms with Crippen molar-refractivity contribution in [2.75, 3.05) is 5.32 Å². The maximum absolute atomic E-state index is 13.5. The number of aliphatic imine (C=N–C) groups is 1. The summed E-state index contributed by atoms with van der Waals surface area (Å²) in [5, 5.41) is 3.45. The van der Waals surface area contributed by atoms with Gasteiger partial charge in [0.25, 0.3) is 0 Å². The molecule has 3 aliphatic rings. The first kappa shape index (κ1) is 17.0. The number of halogens is 1. The third-order valence-electron chi connectivity index (χ3n) is 5.85. The lowest BCUT2D eigenvalue weighted by molar-refractivity contribution is -0.122. The molecule has 1 aliphatic heterocycles. The van der Waals surface area contributed by atoms with Crippen LogP contribution in [-0.2, 0) is 17.6 Å². The third kappa shape index (κ3) is 2.87. The molecular formula is C21H20FN5O. The maximum atomic E-state index is 13.5. The summed E-state index contributed by atoms with van der Waals surface area (Å²) in [4.78, 5) is 25.7. The third-order valence-corrected chi connectivity index (χ3v) is 5.85. The minimum absolute atomic E-state index is 0.0932. The van der Waals surface area contributed by atoms with Gasteiger partial charge in [-0.05, 0) is 36.0 Å². The summed E-state index contributed by atoms with van der Waals surface area (Å²) in [5.74, 6) is 0.851. The number of carbonyl (C=O) groups is 1. The predicted octanol–water partition coefficient (Wildman–Crippen LogP) is 2.55. The normalized spacial score (nSPS) is 26.6. The molecule has 7 heteroatoms. The van der Waals surface area contributed by atoms with E-state index in [1.165, 1.54) is 12.1 Å². The predicted molar refractivity (Wildman–Crippen MR) is 104 cm³/mol. The molecule has 3 N–H and O–H groups in total. The van der Waals surface area contributed by atoms with E-state index in [0.29, 0.717) is 24.5 Å². The number of nitrogens with two attached hydrogens (primary N) is 1. The van der Waals surface area contributed by atoms with Gasteiger partial charge in [0, 0.05) is 25.1 Å². The van der Waals surface area contributed by atoms with Crippen LogP contribution in [0.1, 0.15) is 23.5 Å². The fourth-order valence-electron chi connectivity index (χ4n) is 4.63. The minimum atomic E-state index is -0.288. The number of fused-ring (bicyclic) bond motifs is 3. The SMILES string of the molecule is NC(=O)[C@@H]1[C@H](Nc2nc(Cc3cccc(F)c3)nc3c2N=CC3)[C@H]2C=C[C@@H]1C2. The molecule has 2 bridgehead atoms. The van der Waals surface area contributed by atoms with Crippen LogP contribution in [0, 0.1) is 23.6 Å². The number of hydrogen-bond donors (Lipinski definition) is 2. The van der Waals surface area contributed by atoms with Gasteiger partial charge in [0.05, 0.1) is 11.6 Å². The summed E-state index contributed by atoms with van der Waals surface area (Å²) in [6, 6.07) is 6.35. The Hall–Kier alpha value is -3.09. The minimum Gasteiger partial charge on any atom is -0.369 e. The van der Waals surface area contributed by atoms with Gasteiger partial charge in [0.15, 0.2) is 5.82 Å². The number of hydrogen-bond acceptors (Lipinski definition) is 5. The molecule has 0 unspecified atom stereocenters. The highest BCUT2D eigenvalue weighted by Crippen LogP contribution is 2.45. The van der Waals surface area contributed by atoms with Gasteiger partial charge in [0.1, 0.15) is 17.3 Å². The van der Waals surface area contributed by atoms with Crippen molar-refractivity contribution in [1.29, 1.82) is 0 Å². The van der Waals surface area contributed by atoms with Crippen LogP contribution in [0.5, 0.6) is 0 Å². The van der Waals surface area contributed by atoms with Crippen LogP contribution in [-0.4, -0.2) is 28.1 Å². The van der Waals surface area contributed by atoms with Crippen LogP contribution in [0.2, 0.25) is 0 Å². The number of rotatable bonds is 5. The molecule has 4 atom stereocenters. The Labute approximate surface area is 161 Å². The van der Waals surface area contributed by atoms with Crippen molar-refractivity contribution in [3.05, 3.63) is 59.3 Å². The molecule has 6 nitrogen and oxygen atoms in total. The van der Waals surface area contributed by atoms with E-state index in [1.54, 1.807) is 6.07 Å². The van der Waals surface area contributed by atoms with Crippen molar-refractivity contribution >= 4 is 23.6 Å². The van der Waals surface area contributed by atoms with Gasteiger partial charge < -0.3 is 11.1 Å². The van der Waals surface area contributed by atoms with Crippen molar-refractivity contribution in [2.45, 2.75) is 25.3 Å². The first-order chi connectivity index (χ1) is 13.6. The monoisotopic (exact) mass is 377 g/mol. The Bertz CT molecular complexity index is 1020. The van der Waals surface area contributed by atoms with Crippen molar-refractivity contribution in [2.24, 2.45) is 28.5 Å². The zero-order valence-electron chi connectivity index (χ0n) is 15.2. The molecule has 2 aliphatic carbocycles. The molecule has 2 heterocycles. The van der Waals surface area contributed by atoms with Gasteiger partial charge >= 0.3 is 0 Å². The van der Waals surface area contributed by atoms with Crippen molar-refractivity contribution < 1.29 is 9.18 Å². The number of nitrogens with one attached hydrogen (secondary N) is 1. The van der Waals surface area contributed by atoms with Crippen LogP contribution in [0.15, 0.2) is 41.4 Å². The van der Waals surface area contributed by atoms with E-state index in [9.17, 15) is 9.18 Å². The molecule has 28 heavy (non-hydrogen) atoms. The lowest BCUT2D eigenvalue weighted by Crippen LogP contribution is -2.41. The zero-order valence-corrected chi connectivity index (χ0v) is 15.2. The van der Waals surface area contributed by atoms with Gasteiger partial charge in [-0.1, -0.05) is 24.3 Å². The van der Waals surface area contributed by atoms with Crippen molar-refractivity contribution in [3.63, 3.8) is 0 Å². The van der Waals surface area contributed by atoms with E-state index in [4.69, 9.17) is 5.73 Å². The van der Waals surface area contributed by atoms with Gasteiger partial charge in [0.2, 0.25) is 5.91 Å². The molecule has 1 amide bonds. The molecule has 1 fully saturated rings. The summed E-state index contributed by atoms with van der Waals surface area (Å²) in [6.45, 7) is 0. The van der Waals surface area contributed by atoms with Crippen LogP contribution in [0.3, 0.4) is 0 Å². The number of amides is 1. The molecular weight excluding hydrogens is 357 g/mol. The largest absolute Gasteiger partial charge is 0.369 e. The Morgan fingerprint density at radius 2 is 2.11 bits per heavy atom. The Morgan fingerprint density at radius 1 is 1.25 bits per heavy atom. The summed E-state index contributed by atoms with van der Waals surface area (Å²) < 4.78 is 13.5. The highest BCUT2D eigenvalue weighted by atomic mass is 19.1. The number of carbonyl (C=O) groups excluding carboxylic acids is 1. The van der Waals surface area contributed by atoms with Gasteiger partial charge in [-0.2, -0.15) is 0 Å². The molecule has 1 aromatic heterocycles. The fourth-order valence-corrected chi connectivity index (χ4v) is 4.63. The first-order valence-electron chi connectivity index (χ1n) is 9.49.